The normalized spacial score (nSPS) is 12.7. The van der Waals surface area contributed by atoms with E-state index in [4.69, 9.17) is 17.3 Å². The third-order valence-corrected chi connectivity index (χ3v) is 4.13. The largest absolute Gasteiger partial charge is 0.399 e. The van der Waals surface area contributed by atoms with Crippen molar-refractivity contribution >= 4 is 17.3 Å². The second-order valence-corrected chi connectivity index (χ2v) is 5.71. The van der Waals surface area contributed by atoms with Gasteiger partial charge in [0.05, 0.1) is 0 Å². The summed E-state index contributed by atoms with van der Waals surface area (Å²) >= 11 is 6.06. The topological polar surface area (TPSA) is 29.3 Å². The van der Waals surface area contributed by atoms with E-state index >= 15 is 0 Å². The Morgan fingerprint density at radius 1 is 1.20 bits per heavy atom. The zero-order valence-electron chi connectivity index (χ0n) is 12.2. The Hall–Kier alpha value is -1.51. The van der Waals surface area contributed by atoms with Crippen LogP contribution in [0.1, 0.15) is 29.7 Å². The smallest absolute Gasteiger partial charge is 0.0409 e. The quantitative estimate of drug-likeness (QED) is 0.844. The molecule has 0 bridgehead atoms. The van der Waals surface area contributed by atoms with E-state index in [1.807, 2.05) is 30.3 Å². The Balaban J connectivity index is 2.15. The van der Waals surface area contributed by atoms with Crippen LogP contribution in [0.15, 0.2) is 42.5 Å². The molecule has 0 aliphatic heterocycles. The Labute approximate surface area is 126 Å². The minimum Gasteiger partial charge on any atom is -0.399 e. The lowest BCUT2D eigenvalue weighted by molar-refractivity contribution is 0.252. The molecule has 2 rings (SSSR count). The molecule has 2 aromatic rings. The number of nitrogen functional groups attached to an aromatic ring is 1. The van der Waals surface area contributed by atoms with Crippen molar-refractivity contribution in [3.8, 4) is 0 Å². The van der Waals surface area contributed by atoms with E-state index in [1.165, 1.54) is 11.1 Å². The third-order valence-electron chi connectivity index (χ3n) is 3.90. The summed E-state index contributed by atoms with van der Waals surface area (Å²) in [5.74, 6) is 0. The third kappa shape index (κ3) is 3.33. The fraction of sp³-hybridized carbons (Fsp3) is 0.294. The highest BCUT2D eigenvalue weighted by Gasteiger charge is 2.13. The number of hydrogen-bond acceptors (Lipinski definition) is 2. The highest BCUT2D eigenvalue weighted by atomic mass is 35.5. The molecule has 0 aliphatic rings. The van der Waals surface area contributed by atoms with Gasteiger partial charge >= 0.3 is 0 Å². The van der Waals surface area contributed by atoms with Gasteiger partial charge in [-0.1, -0.05) is 35.9 Å². The molecule has 0 heterocycles. The van der Waals surface area contributed by atoms with Gasteiger partial charge in [-0.25, -0.2) is 0 Å². The Morgan fingerprint density at radius 3 is 2.60 bits per heavy atom. The molecule has 2 aromatic carbocycles. The summed E-state index contributed by atoms with van der Waals surface area (Å²) in [4.78, 5) is 2.30. The molecule has 0 fully saturated rings. The summed E-state index contributed by atoms with van der Waals surface area (Å²) < 4.78 is 0. The average Bonchev–Trinajstić information content (AvgIpc) is 2.43. The molecule has 0 spiro atoms. The molecule has 2 N–H and O–H groups in total. The van der Waals surface area contributed by atoms with Gasteiger partial charge in [0.25, 0.3) is 0 Å². The number of anilines is 1. The Bertz CT molecular complexity index is 595. The van der Waals surface area contributed by atoms with Crippen LogP contribution in [0.3, 0.4) is 0 Å². The maximum Gasteiger partial charge on any atom is 0.0409 e. The van der Waals surface area contributed by atoms with Gasteiger partial charge in [0.1, 0.15) is 0 Å². The molecular weight excluding hydrogens is 268 g/mol. The van der Waals surface area contributed by atoms with Crippen LogP contribution in [-0.4, -0.2) is 11.9 Å². The van der Waals surface area contributed by atoms with Crippen LogP contribution in [0.5, 0.6) is 0 Å². The van der Waals surface area contributed by atoms with Crippen molar-refractivity contribution in [2.24, 2.45) is 0 Å². The molecular formula is C17H21ClN2. The molecule has 1 atom stereocenters. The van der Waals surface area contributed by atoms with Crippen molar-refractivity contribution in [3.63, 3.8) is 0 Å². The second-order valence-electron chi connectivity index (χ2n) is 5.28. The molecule has 1 unspecified atom stereocenters. The molecule has 106 valence electrons. The molecule has 0 amide bonds. The molecule has 0 saturated carbocycles. The minimum absolute atomic E-state index is 0.300. The number of rotatable bonds is 4. The number of nitrogens with zero attached hydrogens (tertiary/aromatic N) is 1. The molecule has 3 heteroatoms. The first-order valence-electron chi connectivity index (χ1n) is 6.78. The Morgan fingerprint density at radius 2 is 1.90 bits per heavy atom. The van der Waals surface area contributed by atoms with Crippen LogP contribution in [-0.2, 0) is 6.54 Å². The Kier molecular flexibility index (Phi) is 4.69. The summed E-state index contributed by atoms with van der Waals surface area (Å²) in [5.41, 5.74) is 10.5. The minimum atomic E-state index is 0.300. The monoisotopic (exact) mass is 288 g/mol. The number of benzene rings is 2. The zero-order valence-corrected chi connectivity index (χ0v) is 13.0. The van der Waals surface area contributed by atoms with E-state index in [-0.39, 0.29) is 0 Å². The second kappa shape index (κ2) is 6.29. The maximum atomic E-state index is 6.06. The van der Waals surface area contributed by atoms with Gasteiger partial charge in [0, 0.05) is 23.3 Å². The lowest BCUT2D eigenvalue weighted by atomic mass is 10.0. The van der Waals surface area contributed by atoms with Crippen LogP contribution >= 0.6 is 11.6 Å². The van der Waals surface area contributed by atoms with Crippen molar-refractivity contribution in [2.45, 2.75) is 26.4 Å². The maximum absolute atomic E-state index is 6.06. The molecule has 0 aliphatic carbocycles. The van der Waals surface area contributed by atoms with Crippen LogP contribution in [0.2, 0.25) is 5.02 Å². The van der Waals surface area contributed by atoms with Crippen LogP contribution in [0.25, 0.3) is 0 Å². The summed E-state index contributed by atoms with van der Waals surface area (Å²) in [5, 5.41) is 0.780. The van der Waals surface area contributed by atoms with E-state index < -0.39 is 0 Å². The average molecular weight is 289 g/mol. The van der Waals surface area contributed by atoms with Crippen molar-refractivity contribution in [3.05, 3.63) is 64.2 Å². The van der Waals surface area contributed by atoms with Gasteiger partial charge < -0.3 is 5.73 Å². The van der Waals surface area contributed by atoms with Crippen LogP contribution in [0.4, 0.5) is 5.69 Å². The highest BCUT2D eigenvalue weighted by molar-refractivity contribution is 6.30. The van der Waals surface area contributed by atoms with Gasteiger partial charge in [0.15, 0.2) is 0 Å². The molecule has 0 radical (unpaired) electrons. The summed E-state index contributed by atoms with van der Waals surface area (Å²) in [6, 6.07) is 14.4. The zero-order chi connectivity index (χ0) is 14.7. The lowest BCUT2D eigenvalue weighted by Gasteiger charge is -2.26. The molecule has 0 aromatic heterocycles. The first kappa shape index (κ1) is 14.9. The van der Waals surface area contributed by atoms with E-state index in [1.54, 1.807) is 0 Å². The van der Waals surface area contributed by atoms with Gasteiger partial charge in [-0.05, 0) is 55.8 Å². The summed E-state index contributed by atoms with van der Waals surface area (Å²) in [7, 11) is 2.12. The summed E-state index contributed by atoms with van der Waals surface area (Å²) in [6.07, 6.45) is 0. The van der Waals surface area contributed by atoms with Crippen molar-refractivity contribution < 1.29 is 0 Å². The van der Waals surface area contributed by atoms with Gasteiger partial charge in [-0.2, -0.15) is 0 Å². The highest BCUT2D eigenvalue weighted by Crippen LogP contribution is 2.25. The lowest BCUT2D eigenvalue weighted by Crippen LogP contribution is -2.22. The van der Waals surface area contributed by atoms with Gasteiger partial charge in [-0.15, -0.1) is 0 Å². The number of nitrogens with two attached hydrogens (primary N) is 1. The van der Waals surface area contributed by atoms with E-state index in [0.29, 0.717) is 6.04 Å². The fourth-order valence-electron chi connectivity index (χ4n) is 2.30. The van der Waals surface area contributed by atoms with Crippen molar-refractivity contribution in [1.29, 1.82) is 0 Å². The number of halogens is 1. The van der Waals surface area contributed by atoms with E-state index in [9.17, 15) is 0 Å². The van der Waals surface area contributed by atoms with Crippen molar-refractivity contribution in [1.82, 2.24) is 4.90 Å². The van der Waals surface area contributed by atoms with Crippen LogP contribution in [0, 0.1) is 6.92 Å². The van der Waals surface area contributed by atoms with Gasteiger partial charge in [-0.3, -0.25) is 4.90 Å². The summed E-state index contributed by atoms with van der Waals surface area (Å²) in [6.45, 7) is 5.13. The fourth-order valence-corrected chi connectivity index (χ4v) is 2.50. The SMILES string of the molecule is Cc1c(N)cccc1CN(C)C(C)c1cccc(Cl)c1. The van der Waals surface area contributed by atoms with Gasteiger partial charge in [0.2, 0.25) is 0 Å². The number of hydrogen-bond donors (Lipinski definition) is 1. The first-order chi connectivity index (χ1) is 9.49. The van der Waals surface area contributed by atoms with E-state index in [0.717, 1.165) is 22.8 Å². The molecule has 20 heavy (non-hydrogen) atoms. The van der Waals surface area contributed by atoms with E-state index in [2.05, 4.69) is 37.9 Å². The first-order valence-corrected chi connectivity index (χ1v) is 7.16. The standard InChI is InChI=1S/C17H21ClN2/c1-12-15(7-5-9-17(12)19)11-20(3)13(2)14-6-4-8-16(18)10-14/h4-10,13H,11,19H2,1-3H3. The molecule has 2 nitrogen and oxygen atoms in total. The predicted molar refractivity (Wildman–Crippen MR) is 86.9 cm³/mol. The predicted octanol–water partition coefficient (Wildman–Crippen LogP) is 4.42. The van der Waals surface area contributed by atoms with Crippen molar-refractivity contribution in [2.75, 3.05) is 12.8 Å². The van der Waals surface area contributed by atoms with Crippen LogP contribution < -0.4 is 5.73 Å². The molecule has 0 saturated heterocycles.